The summed E-state index contributed by atoms with van der Waals surface area (Å²) in [5, 5.41) is 4.32. The number of piperidine rings is 1. The summed E-state index contributed by atoms with van der Waals surface area (Å²) in [4.78, 5) is 49.5. The van der Waals surface area contributed by atoms with E-state index < -0.39 is 24.0 Å². The molecule has 1 aliphatic heterocycles. The molecular weight excluding hydrogens is 350 g/mol. The molecular formula is C19H25N3O5. The first-order chi connectivity index (χ1) is 12.8. The summed E-state index contributed by atoms with van der Waals surface area (Å²) < 4.78 is 5.16. The maximum absolute atomic E-state index is 12.6. The fourth-order valence-electron chi connectivity index (χ4n) is 2.90. The topological polar surface area (TPSA) is 105 Å². The van der Waals surface area contributed by atoms with Gasteiger partial charge in [-0.25, -0.2) is 4.79 Å². The van der Waals surface area contributed by atoms with Gasteiger partial charge in [-0.2, -0.15) is 0 Å². The van der Waals surface area contributed by atoms with Gasteiger partial charge in [-0.15, -0.1) is 0 Å². The van der Waals surface area contributed by atoms with E-state index in [1.807, 2.05) is 25.1 Å². The average Bonchev–Trinajstić information content (AvgIpc) is 2.67. The Hall–Kier alpha value is -2.90. The lowest BCUT2D eigenvalue weighted by atomic mass is 9.96. The smallest absolute Gasteiger partial charge is 0.321 e. The summed E-state index contributed by atoms with van der Waals surface area (Å²) in [6.07, 6.45) is -0.123. The van der Waals surface area contributed by atoms with Crippen molar-refractivity contribution in [2.75, 3.05) is 20.1 Å². The number of carbonyl (C=O) groups is 4. The van der Waals surface area contributed by atoms with E-state index in [-0.39, 0.29) is 11.8 Å². The van der Waals surface area contributed by atoms with Gasteiger partial charge in [0, 0.05) is 25.7 Å². The Bertz CT molecular complexity index is 726. The highest BCUT2D eigenvalue weighted by Crippen LogP contribution is 2.22. The van der Waals surface area contributed by atoms with Gasteiger partial charge in [0.15, 0.2) is 6.10 Å². The van der Waals surface area contributed by atoms with Crippen LogP contribution in [-0.2, 0) is 14.3 Å². The molecule has 2 rings (SSSR count). The predicted octanol–water partition coefficient (Wildman–Crippen LogP) is 1.23. The second-order valence-corrected chi connectivity index (χ2v) is 6.53. The van der Waals surface area contributed by atoms with Crippen LogP contribution in [0.4, 0.5) is 4.79 Å². The zero-order chi connectivity index (χ0) is 20.0. The Morgan fingerprint density at radius 1 is 1.15 bits per heavy atom. The van der Waals surface area contributed by atoms with Crippen LogP contribution in [0.3, 0.4) is 0 Å². The van der Waals surface area contributed by atoms with Crippen LogP contribution in [0.15, 0.2) is 24.3 Å². The van der Waals surface area contributed by atoms with E-state index in [1.54, 1.807) is 11.0 Å². The first-order valence-electron chi connectivity index (χ1n) is 8.91. The van der Waals surface area contributed by atoms with Crippen molar-refractivity contribution in [3.05, 3.63) is 35.4 Å². The molecule has 1 aromatic rings. The fraction of sp³-hybridized carbons (Fsp3) is 0.474. The van der Waals surface area contributed by atoms with E-state index in [4.69, 9.17) is 4.74 Å². The molecule has 1 atom stereocenters. The number of imide groups is 1. The first-order valence-corrected chi connectivity index (χ1v) is 8.91. The molecule has 0 unspecified atom stereocenters. The van der Waals surface area contributed by atoms with E-state index in [9.17, 15) is 19.2 Å². The van der Waals surface area contributed by atoms with Gasteiger partial charge >= 0.3 is 12.0 Å². The van der Waals surface area contributed by atoms with Crippen LogP contribution in [0.25, 0.3) is 0 Å². The third kappa shape index (κ3) is 5.29. The number of urea groups is 1. The minimum absolute atomic E-state index is 0.0433. The number of carbonyl (C=O) groups excluding carboxylic acids is 4. The SMILES string of the molecule is CNC(=O)NC(=O)[C@@H](C)OC(=O)C1CCN(C(=O)c2ccccc2C)CC1. The zero-order valence-corrected chi connectivity index (χ0v) is 15.8. The molecule has 8 heteroatoms. The number of amides is 4. The van der Waals surface area contributed by atoms with Crippen LogP contribution in [-0.4, -0.2) is 55.0 Å². The molecule has 2 N–H and O–H groups in total. The van der Waals surface area contributed by atoms with Crippen molar-refractivity contribution < 1.29 is 23.9 Å². The van der Waals surface area contributed by atoms with E-state index in [2.05, 4.69) is 10.6 Å². The van der Waals surface area contributed by atoms with Crippen LogP contribution < -0.4 is 10.6 Å². The summed E-state index contributed by atoms with van der Waals surface area (Å²) in [6.45, 7) is 4.20. The molecule has 0 bridgehead atoms. The summed E-state index contributed by atoms with van der Waals surface area (Å²) in [5.74, 6) is -1.59. The molecule has 27 heavy (non-hydrogen) atoms. The average molecular weight is 375 g/mol. The van der Waals surface area contributed by atoms with Gasteiger partial charge in [0.25, 0.3) is 11.8 Å². The van der Waals surface area contributed by atoms with Crippen molar-refractivity contribution in [2.24, 2.45) is 5.92 Å². The van der Waals surface area contributed by atoms with E-state index in [0.29, 0.717) is 31.5 Å². The van der Waals surface area contributed by atoms with Gasteiger partial charge in [0.1, 0.15) is 0 Å². The maximum Gasteiger partial charge on any atom is 0.321 e. The Labute approximate surface area is 158 Å². The number of hydrogen-bond acceptors (Lipinski definition) is 5. The van der Waals surface area contributed by atoms with Crippen molar-refractivity contribution in [2.45, 2.75) is 32.8 Å². The van der Waals surface area contributed by atoms with Crippen molar-refractivity contribution in [3.8, 4) is 0 Å². The third-order valence-corrected chi connectivity index (χ3v) is 4.62. The van der Waals surface area contributed by atoms with Crippen LogP contribution in [0.2, 0.25) is 0 Å². The highest BCUT2D eigenvalue weighted by Gasteiger charge is 2.31. The molecule has 1 heterocycles. The van der Waals surface area contributed by atoms with Gasteiger partial charge in [0.2, 0.25) is 0 Å². The van der Waals surface area contributed by atoms with Crippen molar-refractivity contribution in [3.63, 3.8) is 0 Å². The molecule has 4 amide bonds. The Balaban J connectivity index is 1.85. The normalized spacial score (nSPS) is 15.6. The number of ether oxygens (including phenoxy) is 1. The second kappa shape index (κ2) is 9.16. The number of aryl methyl sites for hydroxylation is 1. The third-order valence-electron chi connectivity index (χ3n) is 4.62. The molecule has 1 aliphatic rings. The molecule has 1 aromatic carbocycles. The molecule has 0 spiro atoms. The fourth-order valence-corrected chi connectivity index (χ4v) is 2.90. The Morgan fingerprint density at radius 2 is 1.78 bits per heavy atom. The van der Waals surface area contributed by atoms with Crippen LogP contribution in [0.1, 0.15) is 35.7 Å². The van der Waals surface area contributed by atoms with E-state index in [0.717, 1.165) is 5.56 Å². The number of likely N-dealkylation sites (tertiary alicyclic amines) is 1. The molecule has 0 saturated carbocycles. The van der Waals surface area contributed by atoms with Gasteiger partial charge in [-0.05, 0) is 38.3 Å². The highest BCUT2D eigenvalue weighted by atomic mass is 16.5. The van der Waals surface area contributed by atoms with Crippen molar-refractivity contribution in [1.82, 2.24) is 15.5 Å². The number of esters is 1. The van der Waals surface area contributed by atoms with Gasteiger partial charge in [-0.3, -0.25) is 19.7 Å². The molecule has 0 aliphatic carbocycles. The first kappa shape index (κ1) is 20.4. The number of hydrogen-bond donors (Lipinski definition) is 2. The quantitative estimate of drug-likeness (QED) is 0.771. The van der Waals surface area contributed by atoms with E-state index in [1.165, 1.54) is 14.0 Å². The standard InChI is InChI=1S/C19H25N3O5/c1-12-6-4-5-7-15(12)17(24)22-10-8-14(9-11-22)18(25)27-13(2)16(23)21-19(26)20-3/h4-7,13-14H,8-11H2,1-3H3,(H2,20,21,23,26)/t13-/m1/s1. The van der Waals surface area contributed by atoms with Crippen LogP contribution in [0.5, 0.6) is 0 Å². The Kier molecular flexibility index (Phi) is 6.92. The summed E-state index contributed by atoms with van der Waals surface area (Å²) in [7, 11) is 1.38. The lowest BCUT2D eigenvalue weighted by Crippen LogP contribution is -2.45. The van der Waals surface area contributed by atoms with Crippen LogP contribution >= 0.6 is 0 Å². The molecule has 8 nitrogen and oxygen atoms in total. The largest absolute Gasteiger partial charge is 0.452 e. The molecule has 0 aromatic heterocycles. The number of rotatable bonds is 4. The lowest BCUT2D eigenvalue weighted by molar-refractivity contribution is -0.159. The Morgan fingerprint density at radius 3 is 2.37 bits per heavy atom. The molecule has 0 radical (unpaired) electrons. The predicted molar refractivity (Wildman–Crippen MR) is 98.0 cm³/mol. The lowest BCUT2D eigenvalue weighted by Gasteiger charge is -2.31. The maximum atomic E-state index is 12.6. The summed E-state index contributed by atoms with van der Waals surface area (Å²) in [6, 6.07) is 6.74. The highest BCUT2D eigenvalue weighted by molar-refractivity contribution is 5.97. The molecule has 146 valence electrons. The van der Waals surface area contributed by atoms with Gasteiger partial charge < -0.3 is 15.0 Å². The second-order valence-electron chi connectivity index (χ2n) is 6.53. The van der Waals surface area contributed by atoms with Gasteiger partial charge in [-0.1, -0.05) is 18.2 Å². The molecule has 1 saturated heterocycles. The van der Waals surface area contributed by atoms with Crippen molar-refractivity contribution >= 4 is 23.8 Å². The zero-order valence-electron chi connectivity index (χ0n) is 15.8. The van der Waals surface area contributed by atoms with Crippen LogP contribution in [0, 0.1) is 12.8 Å². The molecule has 1 fully saturated rings. The van der Waals surface area contributed by atoms with Gasteiger partial charge in [0.05, 0.1) is 5.92 Å². The summed E-state index contributed by atoms with van der Waals surface area (Å²) >= 11 is 0. The summed E-state index contributed by atoms with van der Waals surface area (Å²) in [5.41, 5.74) is 1.58. The van der Waals surface area contributed by atoms with Crippen molar-refractivity contribution in [1.29, 1.82) is 0 Å². The minimum Gasteiger partial charge on any atom is -0.452 e. The number of nitrogens with zero attached hydrogens (tertiary/aromatic N) is 1. The monoisotopic (exact) mass is 375 g/mol. The number of benzene rings is 1. The van der Waals surface area contributed by atoms with E-state index >= 15 is 0 Å². The number of nitrogens with one attached hydrogen (secondary N) is 2. The minimum atomic E-state index is -1.07.